The van der Waals surface area contributed by atoms with Gasteiger partial charge >= 0.3 is 0 Å². The van der Waals surface area contributed by atoms with Crippen molar-refractivity contribution in [3.8, 4) is 0 Å². The average Bonchev–Trinajstić information content (AvgIpc) is 1.63. The molecule has 0 aliphatic heterocycles. The van der Waals surface area contributed by atoms with Crippen LogP contribution in [0.25, 0.3) is 0 Å². The lowest BCUT2D eigenvalue weighted by Crippen LogP contribution is -1.88. The Morgan fingerprint density at radius 2 is 1.50 bits per heavy atom. The minimum Gasteiger partial charge on any atom is -0.212 e. The molecule has 0 radical (unpaired) electrons. The Bertz CT molecular complexity index is 152. The molecule has 0 aliphatic carbocycles. The SMILES string of the molecule is CCS(=O)(=O)Cl.IC(I)I. The van der Waals surface area contributed by atoms with Gasteiger partial charge in [0.25, 0.3) is 0 Å². The van der Waals surface area contributed by atoms with Crippen molar-refractivity contribution in [3.05, 3.63) is 0 Å². The minimum absolute atomic E-state index is 0.00849. The van der Waals surface area contributed by atoms with Crippen LogP contribution in [0.2, 0.25) is 0 Å². The fraction of sp³-hybridized carbons (Fsp3) is 1.00. The van der Waals surface area contributed by atoms with E-state index in [1.165, 1.54) is 6.92 Å². The van der Waals surface area contributed by atoms with Gasteiger partial charge in [0.15, 0.2) is 0 Å². The monoisotopic (exact) mass is 522 g/mol. The first-order valence-corrected chi connectivity index (χ1v) is 8.35. The van der Waals surface area contributed by atoms with Gasteiger partial charge in [-0.15, -0.1) is 0 Å². The van der Waals surface area contributed by atoms with Gasteiger partial charge in [0.05, 0.1) is 5.75 Å². The molecule has 0 amide bonds. The number of alkyl halides is 3. The first-order valence-electron chi connectivity index (χ1n) is 2.14. The summed E-state index contributed by atoms with van der Waals surface area (Å²) in [7, 11) is 1.50. The summed E-state index contributed by atoms with van der Waals surface area (Å²) in [5.74, 6) is 0.00849. The standard InChI is InChI=1S/C2H5ClO2S.CHI3/c1-2-6(3,4)5;2-1(3)4/h2H2,1H3;1H. The van der Waals surface area contributed by atoms with E-state index in [2.05, 4.69) is 78.5 Å². The second-order valence-corrected chi connectivity index (χ2v) is 15.0. The van der Waals surface area contributed by atoms with Gasteiger partial charge in [-0.1, -0.05) is 74.7 Å². The molecule has 0 saturated carbocycles. The summed E-state index contributed by atoms with van der Waals surface area (Å²) >= 11 is 6.95. The maximum atomic E-state index is 9.77. The zero-order valence-corrected chi connectivity index (χ0v) is 13.1. The van der Waals surface area contributed by atoms with E-state index in [-0.39, 0.29) is 5.75 Å². The summed E-state index contributed by atoms with van der Waals surface area (Å²) < 4.78 is 20.3. The molecule has 2 nitrogen and oxygen atoms in total. The third-order valence-corrected chi connectivity index (χ3v) is 1.69. The lowest BCUT2D eigenvalue weighted by Gasteiger charge is -1.77. The topological polar surface area (TPSA) is 34.1 Å². The van der Waals surface area contributed by atoms with Crippen LogP contribution in [0.15, 0.2) is 0 Å². The van der Waals surface area contributed by atoms with E-state index >= 15 is 0 Å². The Morgan fingerprint density at radius 3 is 1.50 bits per heavy atom. The van der Waals surface area contributed by atoms with Crippen molar-refractivity contribution in [3.63, 3.8) is 0 Å². The molecule has 7 heteroatoms. The molecule has 0 aromatic heterocycles. The van der Waals surface area contributed by atoms with Crippen molar-refractivity contribution in [1.82, 2.24) is 0 Å². The van der Waals surface area contributed by atoms with Crippen molar-refractivity contribution >= 4 is 87.5 Å². The molecule has 0 spiro atoms. The largest absolute Gasteiger partial charge is 0.232 e. The van der Waals surface area contributed by atoms with Crippen LogP contribution < -0.4 is 0 Å². The molecule has 0 atom stereocenters. The molecule has 10 heavy (non-hydrogen) atoms. The van der Waals surface area contributed by atoms with Crippen LogP contribution in [0.1, 0.15) is 6.92 Å². The summed E-state index contributed by atoms with van der Waals surface area (Å²) in [4.78, 5) is 0. The van der Waals surface area contributed by atoms with Gasteiger partial charge in [-0.25, -0.2) is 8.42 Å². The molecule has 0 saturated heterocycles. The van der Waals surface area contributed by atoms with Gasteiger partial charge in [0, 0.05) is 10.7 Å². The van der Waals surface area contributed by atoms with E-state index in [1.807, 2.05) is 0 Å². The van der Waals surface area contributed by atoms with Crippen LogP contribution in [0.5, 0.6) is 0 Å². The Kier molecular flexibility index (Phi) is 12.0. The van der Waals surface area contributed by atoms with Crippen molar-refractivity contribution in [2.24, 2.45) is 0 Å². The summed E-state index contributed by atoms with van der Waals surface area (Å²) in [6.45, 7) is 1.49. The van der Waals surface area contributed by atoms with E-state index in [9.17, 15) is 8.42 Å². The zero-order chi connectivity index (χ0) is 8.78. The first-order chi connectivity index (χ1) is 4.29. The fourth-order valence-corrected chi connectivity index (χ4v) is 0. The lowest BCUT2D eigenvalue weighted by atomic mass is 11.0. The molecular formula is C3H6ClI3O2S. The van der Waals surface area contributed by atoms with Crippen LogP contribution in [0, 0.1) is 0 Å². The maximum absolute atomic E-state index is 9.77. The van der Waals surface area contributed by atoms with Crippen LogP contribution in [-0.2, 0) is 9.05 Å². The number of halogens is 4. The van der Waals surface area contributed by atoms with Gasteiger partial charge in [-0.05, 0) is 0 Å². The summed E-state index contributed by atoms with van der Waals surface area (Å²) in [5.41, 5.74) is 0. The van der Waals surface area contributed by atoms with E-state index in [0.717, 1.165) is -0.0619 Å². The number of hydrogen-bond acceptors (Lipinski definition) is 2. The Balaban J connectivity index is 0. The smallest absolute Gasteiger partial charge is 0.212 e. The highest BCUT2D eigenvalue weighted by Gasteiger charge is 1.94. The third-order valence-electron chi connectivity index (χ3n) is 0.345. The first kappa shape index (κ1) is 14.9. The number of hydrogen-bond donors (Lipinski definition) is 0. The molecule has 0 N–H and O–H groups in total. The molecule has 0 heterocycles. The van der Waals surface area contributed by atoms with Crippen LogP contribution in [0.4, 0.5) is 0 Å². The van der Waals surface area contributed by atoms with Gasteiger partial charge < -0.3 is 0 Å². The molecule has 64 valence electrons. The molecular weight excluding hydrogens is 516 g/mol. The van der Waals surface area contributed by atoms with Gasteiger partial charge in [-0.2, -0.15) is 0 Å². The predicted octanol–water partition coefficient (Wildman–Crippen LogP) is 3.15. The van der Waals surface area contributed by atoms with Crippen molar-refractivity contribution < 1.29 is 8.42 Å². The molecule has 0 unspecified atom stereocenters. The minimum atomic E-state index is -3.19. The highest BCUT2D eigenvalue weighted by molar-refractivity contribution is 14.3. The second-order valence-electron chi connectivity index (χ2n) is 1.07. The molecule has 0 aromatic rings. The van der Waals surface area contributed by atoms with E-state index in [1.54, 1.807) is 0 Å². The highest BCUT2D eigenvalue weighted by Crippen LogP contribution is 2.16. The Hall–Kier alpha value is 2.43. The van der Waals surface area contributed by atoms with Crippen LogP contribution in [-0.4, -0.2) is 14.1 Å². The van der Waals surface area contributed by atoms with Gasteiger partial charge in [0.2, 0.25) is 9.05 Å². The van der Waals surface area contributed by atoms with Crippen molar-refractivity contribution in [1.29, 1.82) is 0 Å². The second kappa shape index (κ2) is 8.05. The molecule has 0 aromatic carbocycles. The molecule has 0 fully saturated rings. The summed E-state index contributed by atoms with van der Waals surface area (Å²) in [6.07, 6.45) is 0. The average molecular weight is 522 g/mol. The lowest BCUT2D eigenvalue weighted by molar-refractivity contribution is 0.610. The Labute approximate surface area is 107 Å². The Morgan fingerprint density at radius 1 is 1.40 bits per heavy atom. The number of rotatable bonds is 1. The summed E-state index contributed by atoms with van der Waals surface area (Å²) in [5, 5.41) is 0. The molecule has 0 rings (SSSR count). The maximum Gasteiger partial charge on any atom is 0.232 e. The summed E-state index contributed by atoms with van der Waals surface area (Å²) in [6, 6.07) is 0. The van der Waals surface area contributed by atoms with E-state index in [0.29, 0.717) is 0 Å². The zero-order valence-electron chi connectivity index (χ0n) is 5.02. The van der Waals surface area contributed by atoms with Crippen molar-refractivity contribution in [2.75, 3.05) is 5.75 Å². The van der Waals surface area contributed by atoms with E-state index in [4.69, 9.17) is 0 Å². The fourth-order valence-electron chi connectivity index (χ4n) is 0. The van der Waals surface area contributed by atoms with Crippen molar-refractivity contribution in [2.45, 2.75) is 6.86 Å². The van der Waals surface area contributed by atoms with Gasteiger partial charge in [-0.3, -0.25) is 0 Å². The normalized spacial score (nSPS) is 10.6. The molecule has 0 aliphatic rings. The van der Waals surface area contributed by atoms with Crippen LogP contribution >= 0.6 is 78.5 Å². The van der Waals surface area contributed by atoms with Crippen LogP contribution in [0.3, 0.4) is 0 Å². The predicted molar refractivity (Wildman–Crippen MR) is 71.2 cm³/mol. The van der Waals surface area contributed by atoms with E-state index < -0.39 is 9.05 Å². The third kappa shape index (κ3) is 31.5. The highest BCUT2D eigenvalue weighted by atomic mass is 127. The quantitative estimate of drug-likeness (QED) is 0.302. The molecule has 0 bridgehead atoms. The van der Waals surface area contributed by atoms with Gasteiger partial charge in [0.1, 0.15) is -0.0619 Å².